The predicted molar refractivity (Wildman–Crippen MR) is 97.5 cm³/mol. The van der Waals surface area contributed by atoms with Crippen molar-refractivity contribution >= 4 is 23.4 Å². The number of nitrogens with zero attached hydrogens (tertiary/aromatic N) is 1. The summed E-state index contributed by atoms with van der Waals surface area (Å²) < 4.78 is 0. The first-order chi connectivity index (χ1) is 12.4. The molecule has 0 aliphatic carbocycles. The van der Waals surface area contributed by atoms with Gasteiger partial charge in [0.1, 0.15) is 17.4 Å². The van der Waals surface area contributed by atoms with Crippen LogP contribution in [0, 0.1) is 5.92 Å². The standard InChI is InChI=1S/C19H22N4O3/c1-3-11(2)16-18(25)22-13-7-5-4-6-12(13)10-23(16)19(26)15-9-8-14(21-15)17(20)24/h4-9,11,16,21H,3,10H2,1-2H3,(H2,20,24)(H,22,25). The Hall–Kier alpha value is -3.09. The molecule has 0 spiro atoms. The molecule has 2 atom stereocenters. The van der Waals surface area contributed by atoms with Crippen LogP contribution in [-0.4, -0.2) is 33.6 Å². The monoisotopic (exact) mass is 354 g/mol. The molecule has 26 heavy (non-hydrogen) atoms. The first-order valence-corrected chi connectivity index (χ1v) is 8.61. The molecule has 1 aromatic heterocycles. The first kappa shape index (κ1) is 17.7. The van der Waals surface area contributed by atoms with Gasteiger partial charge < -0.3 is 20.9 Å². The van der Waals surface area contributed by atoms with E-state index in [9.17, 15) is 14.4 Å². The van der Waals surface area contributed by atoms with Crippen molar-refractivity contribution in [2.45, 2.75) is 32.9 Å². The van der Waals surface area contributed by atoms with Crippen molar-refractivity contribution in [3.05, 3.63) is 53.3 Å². The second kappa shape index (κ2) is 7.03. The molecule has 0 saturated heterocycles. The summed E-state index contributed by atoms with van der Waals surface area (Å²) >= 11 is 0. The van der Waals surface area contributed by atoms with Gasteiger partial charge in [0, 0.05) is 12.2 Å². The molecule has 2 unspecified atom stereocenters. The van der Waals surface area contributed by atoms with E-state index < -0.39 is 11.9 Å². The zero-order valence-corrected chi connectivity index (χ0v) is 14.8. The molecule has 3 amide bonds. The fraction of sp³-hybridized carbons (Fsp3) is 0.316. The Morgan fingerprint density at radius 3 is 2.58 bits per heavy atom. The van der Waals surface area contributed by atoms with Crippen LogP contribution in [-0.2, 0) is 11.3 Å². The highest BCUT2D eigenvalue weighted by atomic mass is 16.2. The maximum atomic E-state index is 13.1. The van der Waals surface area contributed by atoms with Gasteiger partial charge in [-0.25, -0.2) is 0 Å². The smallest absolute Gasteiger partial charge is 0.271 e. The summed E-state index contributed by atoms with van der Waals surface area (Å²) in [7, 11) is 0. The van der Waals surface area contributed by atoms with Gasteiger partial charge in [0.25, 0.3) is 11.8 Å². The molecule has 7 heteroatoms. The van der Waals surface area contributed by atoms with Gasteiger partial charge in [-0.3, -0.25) is 14.4 Å². The number of aromatic nitrogens is 1. The van der Waals surface area contributed by atoms with E-state index >= 15 is 0 Å². The van der Waals surface area contributed by atoms with Crippen molar-refractivity contribution in [3.63, 3.8) is 0 Å². The summed E-state index contributed by atoms with van der Waals surface area (Å²) in [6.07, 6.45) is 0.746. The van der Waals surface area contributed by atoms with Gasteiger partial charge in [0.15, 0.2) is 0 Å². The normalized spacial score (nSPS) is 17.8. The summed E-state index contributed by atoms with van der Waals surface area (Å²) in [4.78, 5) is 41.6. The number of carbonyl (C=O) groups excluding carboxylic acids is 3. The number of primary amides is 1. The molecule has 7 nitrogen and oxygen atoms in total. The minimum atomic E-state index is -0.638. The maximum Gasteiger partial charge on any atom is 0.271 e. The molecule has 0 fully saturated rings. The number of nitrogens with one attached hydrogen (secondary N) is 2. The van der Waals surface area contributed by atoms with E-state index in [1.807, 2.05) is 38.1 Å². The summed E-state index contributed by atoms with van der Waals surface area (Å²) in [6, 6.07) is 9.81. The number of aromatic amines is 1. The van der Waals surface area contributed by atoms with Crippen LogP contribution in [0.25, 0.3) is 0 Å². The van der Waals surface area contributed by atoms with Gasteiger partial charge in [-0.05, 0) is 29.7 Å². The summed E-state index contributed by atoms with van der Waals surface area (Å²) in [6.45, 7) is 4.23. The Balaban J connectivity index is 2.02. The van der Waals surface area contributed by atoms with Gasteiger partial charge >= 0.3 is 0 Å². The lowest BCUT2D eigenvalue weighted by Crippen LogP contribution is -2.49. The van der Waals surface area contributed by atoms with Crippen molar-refractivity contribution < 1.29 is 14.4 Å². The third-order valence-corrected chi connectivity index (χ3v) is 4.85. The number of hydrogen-bond donors (Lipinski definition) is 3. The summed E-state index contributed by atoms with van der Waals surface area (Å²) in [5.74, 6) is -1.21. The van der Waals surface area contributed by atoms with E-state index in [2.05, 4.69) is 10.3 Å². The minimum absolute atomic E-state index is 0.0289. The number of rotatable bonds is 4. The van der Waals surface area contributed by atoms with Crippen LogP contribution in [0.2, 0.25) is 0 Å². The van der Waals surface area contributed by atoms with Crippen LogP contribution in [0.5, 0.6) is 0 Å². The van der Waals surface area contributed by atoms with Crippen molar-refractivity contribution in [3.8, 4) is 0 Å². The fourth-order valence-electron chi connectivity index (χ4n) is 3.22. The van der Waals surface area contributed by atoms with Crippen molar-refractivity contribution in [2.24, 2.45) is 11.7 Å². The van der Waals surface area contributed by atoms with E-state index in [4.69, 9.17) is 5.73 Å². The van der Waals surface area contributed by atoms with Crippen LogP contribution in [0.1, 0.15) is 46.8 Å². The van der Waals surface area contributed by atoms with Crippen molar-refractivity contribution in [2.75, 3.05) is 5.32 Å². The number of fused-ring (bicyclic) bond motifs is 1. The van der Waals surface area contributed by atoms with Gasteiger partial charge in [-0.2, -0.15) is 0 Å². The topological polar surface area (TPSA) is 108 Å². The molecule has 1 aliphatic rings. The van der Waals surface area contributed by atoms with Crippen LogP contribution >= 0.6 is 0 Å². The molecule has 0 bridgehead atoms. The molecule has 3 rings (SSSR count). The number of nitrogens with two attached hydrogens (primary N) is 1. The number of benzene rings is 1. The minimum Gasteiger partial charge on any atom is -0.364 e. The Labute approximate surface area is 151 Å². The number of anilines is 1. The predicted octanol–water partition coefficient (Wildman–Crippen LogP) is 2.12. The average molecular weight is 354 g/mol. The molecule has 0 saturated carbocycles. The van der Waals surface area contributed by atoms with Crippen molar-refractivity contribution in [1.29, 1.82) is 0 Å². The number of hydrogen-bond acceptors (Lipinski definition) is 3. The Morgan fingerprint density at radius 2 is 1.92 bits per heavy atom. The Kier molecular flexibility index (Phi) is 4.79. The van der Waals surface area contributed by atoms with E-state index in [-0.39, 0.29) is 29.1 Å². The average Bonchev–Trinajstić information content (AvgIpc) is 3.06. The largest absolute Gasteiger partial charge is 0.364 e. The van der Waals surface area contributed by atoms with Gasteiger partial charge in [-0.1, -0.05) is 38.5 Å². The lowest BCUT2D eigenvalue weighted by Gasteiger charge is -2.32. The molecule has 1 aliphatic heterocycles. The highest BCUT2D eigenvalue weighted by molar-refractivity contribution is 6.03. The zero-order valence-electron chi connectivity index (χ0n) is 14.8. The highest BCUT2D eigenvalue weighted by Crippen LogP contribution is 2.28. The van der Waals surface area contributed by atoms with Crippen LogP contribution < -0.4 is 11.1 Å². The van der Waals surface area contributed by atoms with Crippen LogP contribution in [0.3, 0.4) is 0 Å². The number of para-hydroxylation sites is 1. The molecule has 0 radical (unpaired) electrons. The third kappa shape index (κ3) is 3.20. The number of amides is 3. The Bertz CT molecular complexity index is 858. The molecule has 2 heterocycles. The molecular formula is C19H22N4O3. The Morgan fingerprint density at radius 1 is 1.23 bits per heavy atom. The summed E-state index contributed by atoms with van der Waals surface area (Å²) in [5.41, 5.74) is 7.23. The quantitative estimate of drug-likeness (QED) is 0.782. The SMILES string of the molecule is CCC(C)C1C(=O)Nc2ccccc2CN1C(=O)c1ccc(C(N)=O)[nH]1. The van der Waals surface area contributed by atoms with Crippen molar-refractivity contribution in [1.82, 2.24) is 9.88 Å². The van der Waals surface area contributed by atoms with E-state index in [1.54, 1.807) is 4.90 Å². The zero-order chi connectivity index (χ0) is 18.8. The van der Waals surface area contributed by atoms with E-state index in [0.29, 0.717) is 12.2 Å². The molecule has 136 valence electrons. The molecular weight excluding hydrogens is 332 g/mol. The van der Waals surface area contributed by atoms with E-state index in [1.165, 1.54) is 12.1 Å². The molecule has 4 N–H and O–H groups in total. The van der Waals surface area contributed by atoms with Gasteiger partial charge in [0.05, 0.1) is 0 Å². The highest BCUT2D eigenvalue weighted by Gasteiger charge is 2.37. The maximum absolute atomic E-state index is 13.1. The number of H-pyrrole nitrogens is 1. The van der Waals surface area contributed by atoms with Gasteiger partial charge in [0.2, 0.25) is 5.91 Å². The first-order valence-electron chi connectivity index (χ1n) is 8.61. The third-order valence-electron chi connectivity index (χ3n) is 4.85. The second-order valence-corrected chi connectivity index (χ2v) is 6.56. The molecule has 1 aromatic carbocycles. The van der Waals surface area contributed by atoms with Crippen LogP contribution in [0.4, 0.5) is 5.69 Å². The fourth-order valence-corrected chi connectivity index (χ4v) is 3.22. The number of carbonyl (C=O) groups is 3. The summed E-state index contributed by atoms with van der Waals surface area (Å²) in [5, 5.41) is 2.93. The van der Waals surface area contributed by atoms with E-state index in [0.717, 1.165) is 12.0 Å². The lowest BCUT2D eigenvalue weighted by molar-refractivity contribution is -0.122. The molecule has 2 aromatic rings. The lowest BCUT2D eigenvalue weighted by atomic mass is 9.96. The van der Waals surface area contributed by atoms with Crippen LogP contribution in [0.15, 0.2) is 36.4 Å². The second-order valence-electron chi connectivity index (χ2n) is 6.56. The van der Waals surface area contributed by atoms with Gasteiger partial charge in [-0.15, -0.1) is 0 Å².